The molecule has 2 aliphatic heterocycles. The Morgan fingerprint density at radius 3 is 2.67 bits per heavy atom. The van der Waals surface area contributed by atoms with Crippen molar-refractivity contribution in [3.8, 4) is 17.4 Å². The van der Waals surface area contributed by atoms with Crippen LogP contribution in [0.1, 0.15) is 11.6 Å². The molecule has 2 N–H and O–H groups in total. The number of imidazole rings is 1. The van der Waals surface area contributed by atoms with E-state index in [1.807, 2.05) is 22.9 Å². The second-order valence-corrected chi connectivity index (χ2v) is 8.92. The van der Waals surface area contributed by atoms with Gasteiger partial charge in [-0.3, -0.25) is 0 Å². The normalized spacial score (nSPS) is 22.4. The summed E-state index contributed by atoms with van der Waals surface area (Å²) < 4.78 is 59.9. The van der Waals surface area contributed by atoms with E-state index in [2.05, 4.69) is 31.1 Å². The molecule has 0 aliphatic carbocycles. The van der Waals surface area contributed by atoms with Gasteiger partial charge in [-0.05, 0) is 52.9 Å². The lowest BCUT2D eigenvalue weighted by molar-refractivity contribution is -0.137. The molecule has 0 spiro atoms. The molecule has 12 nitrogen and oxygen atoms in total. The summed E-state index contributed by atoms with van der Waals surface area (Å²) in [5.41, 5.74) is 0.0538. The summed E-state index contributed by atoms with van der Waals surface area (Å²) in [6, 6.07) is 10.1. The van der Waals surface area contributed by atoms with Crippen LogP contribution < -0.4 is 15.4 Å². The molecule has 2 fully saturated rings. The number of nitrogens with one attached hydrogen (secondary N) is 2. The maximum atomic E-state index is 13.0. The standard InChI is InChI=1S/C24H21F3N8O4/c25-24(26,27)14-2-1-3-15(10-14)29-22(36)30-18-11-37-21-19(12-38-20(18)21)35-23(31-32-33-35)39-17-6-4-16(5-7-17)34-9-8-28-13-34/h1-10,13,18-21H,11-12H2,(H2,29,30,36). The second-order valence-electron chi connectivity index (χ2n) is 8.92. The number of rotatable bonds is 6. The lowest BCUT2D eigenvalue weighted by atomic mass is 10.1. The predicted molar refractivity (Wildman–Crippen MR) is 127 cm³/mol. The molecule has 15 heteroatoms. The van der Waals surface area contributed by atoms with Gasteiger partial charge in [0.05, 0.1) is 31.1 Å². The van der Waals surface area contributed by atoms with E-state index in [1.165, 1.54) is 16.8 Å². The summed E-state index contributed by atoms with van der Waals surface area (Å²) in [6.45, 7) is 0.333. The highest BCUT2D eigenvalue weighted by molar-refractivity contribution is 5.89. The predicted octanol–water partition coefficient (Wildman–Crippen LogP) is 3.20. The molecular weight excluding hydrogens is 521 g/mol. The number of fused-ring (bicyclic) bond motifs is 1. The largest absolute Gasteiger partial charge is 0.423 e. The number of hydrogen-bond acceptors (Lipinski definition) is 8. The number of aromatic nitrogens is 6. The van der Waals surface area contributed by atoms with E-state index in [4.69, 9.17) is 14.2 Å². The van der Waals surface area contributed by atoms with Crippen molar-refractivity contribution in [3.63, 3.8) is 0 Å². The number of carbonyl (C=O) groups excluding carboxylic acids is 1. The molecule has 2 aromatic heterocycles. The summed E-state index contributed by atoms with van der Waals surface area (Å²) >= 11 is 0. The van der Waals surface area contributed by atoms with Crippen LogP contribution >= 0.6 is 0 Å². The first-order chi connectivity index (χ1) is 18.8. The smallest absolute Gasteiger partial charge is 0.416 e. The Labute approximate surface area is 218 Å². The molecule has 4 unspecified atom stereocenters. The van der Waals surface area contributed by atoms with Gasteiger partial charge in [0, 0.05) is 23.8 Å². The summed E-state index contributed by atoms with van der Waals surface area (Å²) in [6.07, 6.45) is -0.330. The molecule has 0 radical (unpaired) electrons. The van der Waals surface area contributed by atoms with Gasteiger partial charge in [0.2, 0.25) is 0 Å². The van der Waals surface area contributed by atoms with Crippen molar-refractivity contribution < 1.29 is 32.2 Å². The first kappa shape index (κ1) is 24.8. The number of hydrogen-bond donors (Lipinski definition) is 2. The molecule has 4 atom stereocenters. The third kappa shape index (κ3) is 5.13. The van der Waals surface area contributed by atoms with E-state index >= 15 is 0 Å². The molecule has 6 rings (SSSR count). The van der Waals surface area contributed by atoms with Gasteiger partial charge in [-0.15, -0.1) is 0 Å². The van der Waals surface area contributed by atoms with Gasteiger partial charge in [-0.25, -0.2) is 9.78 Å². The highest BCUT2D eigenvalue weighted by atomic mass is 19.4. The molecule has 39 heavy (non-hydrogen) atoms. The van der Waals surface area contributed by atoms with Gasteiger partial charge in [0.1, 0.15) is 24.0 Å². The fraction of sp³-hybridized carbons (Fsp3) is 0.292. The lowest BCUT2D eigenvalue weighted by Crippen LogP contribution is -2.45. The number of benzene rings is 2. The Balaban J connectivity index is 1.08. The van der Waals surface area contributed by atoms with Gasteiger partial charge in [-0.2, -0.15) is 17.9 Å². The van der Waals surface area contributed by atoms with Crippen molar-refractivity contribution in [1.29, 1.82) is 0 Å². The average molecular weight is 542 g/mol. The van der Waals surface area contributed by atoms with Crippen LogP contribution in [0, 0.1) is 0 Å². The maximum absolute atomic E-state index is 13.0. The molecule has 2 aliphatic rings. The fourth-order valence-electron chi connectivity index (χ4n) is 4.59. The minimum absolute atomic E-state index is 0.0107. The van der Waals surface area contributed by atoms with Crippen LogP contribution in [-0.2, 0) is 15.7 Å². The number of halogens is 3. The van der Waals surface area contributed by atoms with E-state index in [9.17, 15) is 18.0 Å². The van der Waals surface area contributed by atoms with Crippen molar-refractivity contribution in [2.75, 3.05) is 18.5 Å². The van der Waals surface area contributed by atoms with Gasteiger partial charge in [0.25, 0.3) is 0 Å². The summed E-state index contributed by atoms with van der Waals surface area (Å²) in [4.78, 5) is 16.5. The molecule has 4 aromatic rings. The third-order valence-corrected chi connectivity index (χ3v) is 6.42. The fourth-order valence-corrected chi connectivity index (χ4v) is 4.59. The number of anilines is 1. The van der Waals surface area contributed by atoms with Crippen LogP contribution in [0.5, 0.6) is 11.8 Å². The summed E-state index contributed by atoms with van der Waals surface area (Å²) in [5.74, 6) is 0.517. The highest BCUT2D eigenvalue weighted by Gasteiger charge is 2.50. The minimum atomic E-state index is -4.52. The summed E-state index contributed by atoms with van der Waals surface area (Å²) in [7, 11) is 0. The van der Waals surface area contributed by atoms with Crippen LogP contribution in [0.15, 0.2) is 67.3 Å². The van der Waals surface area contributed by atoms with Gasteiger partial charge in [-0.1, -0.05) is 11.2 Å². The number of carbonyl (C=O) groups is 1. The zero-order valence-corrected chi connectivity index (χ0v) is 20.0. The number of urea groups is 1. The number of alkyl halides is 3. The molecular formula is C24H21F3N8O4. The Morgan fingerprint density at radius 1 is 1.08 bits per heavy atom. The molecule has 0 saturated carbocycles. The monoisotopic (exact) mass is 542 g/mol. The highest BCUT2D eigenvalue weighted by Crippen LogP contribution is 2.36. The van der Waals surface area contributed by atoms with E-state index in [1.54, 1.807) is 24.7 Å². The van der Waals surface area contributed by atoms with Gasteiger partial charge >= 0.3 is 18.2 Å². The van der Waals surface area contributed by atoms with E-state index < -0.39 is 42.1 Å². The van der Waals surface area contributed by atoms with Crippen molar-refractivity contribution in [2.24, 2.45) is 0 Å². The number of nitrogens with zero attached hydrogens (tertiary/aromatic N) is 6. The third-order valence-electron chi connectivity index (χ3n) is 6.42. The van der Waals surface area contributed by atoms with Crippen LogP contribution in [0.2, 0.25) is 0 Å². The number of amides is 2. The Morgan fingerprint density at radius 2 is 1.90 bits per heavy atom. The van der Waals surface area contributed by atoms with Crippen LogP contribution in [0.25, 0.3) is 5.69 Å². The topological polar surface area (TPSA) is 130 Å². The molecule has 2 aromatic carbocycles. The molecule has 0 bridgehead atoms. The second kappa shape index (κ2) is 9.99. The van der Waals surface area contributed by atoms with E-state index in [0.29, 0.717) is 5.75 Å². The van der Waals surface area contributed by atoms with Crippen LogP contribution in [-0.4, -0.2) is 67.3 Å². The Bertz CT molecular complexity index is 1440. The average Bonchev–Trinajstić information content (AvgIpc) is 3.71. The minimum Gasteiger partial charge on any atom is -0.423 e. The maximum Gasteiger partial charge on any atom is 0.416 e. The number of ether oxygens (including phenoxy) is 3. The molecule has 2 amide bonds. The van der Waals surface area contributed by atoms with Crippen molar-refractivity contribution in [3.05, 3.63) is 72.8 Å². The first-order valence-corrected chi connectivity index (χ1v) is 11.9. The van der Waals surface area contributed by atoms with Crippen molar-refractivity contribution >= 4 is 11.7 Å². The quantitative estimate of drug-likeness (QED) is 0.380. The zero-order valence-electron chi connectivity index (χ0n) is 20.0. The first-order valence-electron chi connectivity index (χ1n) is 11.9. The van der Waals surface area contributed by atoms with Crippen LogP contribution in [0.3, 0.4) is 0 Å². The number of tetrazole rings is 1. The molecule has 2 saturated heterocycles. The lowest BCUT2D eigenvalue weighted by Gasteiger charge is -2.18. The van der Waals surface area contributed by atoms with Gasteiger partial charge < -0.3 is 29.4 Å². The molecule has 4 heterocycles. The van der Waals surface area contributed by atoms with Crippen molar-refractivity contribution in [1.82, 2.24) is 35.1 Å². The van der Waals surface area contributed by atoms with Crippen molar-refractivity contribution in [2.45, 2.75) is 30.5 Å². The van der Waals surface area contributed by atoms with Crippen LogP contribution in [0.4, 0.5) is 23.7 Å². The van der Waals surface area contributed by atoms with Gasteiger partial charge in [0.15, 0.2) is 0 Å². The summed E-state index contributed by atoms with van der Waals surface area (Å²) in [5, 5.41) is 16.9. The van der Waals surface area contributed by atoms with E-state index in [0.717, 1.165) is 17.8 Å². The molecule has 202 valence electrons. The van der Waals surface area contributed by atoms with E-state index in [-0.39, 0.29) is 24.9 Å². The Hall–Kier alpha value is -4.50. The SMILES string of the molecule is O=C(Nc1cccc(C(F)(F)F)c1)NC1COC2C1OCC2n1nnnc1Oc1ccc(-n2ccnc2)cc1. The zero-order chi connectivity index (χ0) is 27.0. The Kier molecular flexibility index (Phi) is 6.36.